The molecular formula is C10H8ClN3OS. The Bertz CT molecular complexity index is 499. The SMILES string of the molecule is CS/C(=N\c1cccc(Cl)c1)c1cnon1. The zero-order valence-electron chi connectivity index (χ0n) is 8.42. The first kappa shape index (κ1) is 11.2. The minimum absolute atomic E-state index is 0.618. The number of rotatable bonds is 2. The van der Waals surface area contributed by atoms with Crippen molar-refractivity contribution in [2.24, 2.45) is 4.99 Å². The molecule has 2 aromatic rings. The van der Waals surface area contributed by atoms with Crippen LogP contribution in [0, 0.1) is 0 Å². The second-order valence-corrected chi connectivity index (χ2v) is 4.13. The summed E-state index contributed by atoms with van der Waals surface area (Å²) in [4.78, 5) is 4.41. The maximum atomic E-state index is 5.87. The molecule has 0 bridgehead atoms. The van der Waals surface area contributed by atoms with E-state index in [1.54, 1.807) is 12.1 Å². The van der Waals surface area contributed by atoms with Crippen molar-refractivity contribution < 1.29 is 4.63 Å². The van der Waals surface area contributed by atoms with Gasteiger partial charge in [-0.3, -0.25) is 0 Å². The van der Waals surface area contributed by atoms with Crippen LogP contribution in [-0.4, -0.2) is 21.6 Å². The van der Waals surface area contributed by atoms with Crippen molar-refractivity contribution in [2.45, 2.75) is 0 Å². The molecule has 4 nitrogen and oxygen atoms in total. The third kappa shape index (κ3) is 2.62. The standard InChI is InChI=1S/C10H8ClN3OS/c1-16-10(9-6-12-15-14-9)13-8-4-2-3-7(11)5-8/h2-6H,1H3/b13-10-. The fraction of sp³-hybridized carbons (Fsp3) is 0.100. The van der Waals surface area contributed by atoms with Gasteiger partial charge in [-0.25, -0.2) is 9.62 Å². The summed E-state index contributed by atoms with van der Waals surface area (Å²) in [6, 6.07) is 7.30. The minimum Gasteiger partial charge on any atom is -0.244 e. The second-order valence-electron chi connectivity index (χ2n) is 2.89. The Morgan fingerprint density at radius 2 is 2.38 bits per heavy atom. The number of aromatic nitrogens is 2. The highest BCUT2D eigenvalue weighted by Gasteiger charge is 2.06. The van der Waals surface area contributed by atoms with Crippen LogP contribution in [0.2, 0.25) is 5.02 Å². The van der Waals surface area contributed by atoms with Gasteiger partial charge in [-0.15, -0.1) is 11.8 Å². The normalized spacial score (nSPS) is 11.8. The molecule has 0 atom stereocenters. The molecule has 16 heavy (non-hydrogen) atoms. The lowest BCUT2D eigenvalue weighted by Crippen LogP contribution is -1.93. The number of halogens is 1. The summed E-state index contributed by atoms with van der Waals surface area (Å²) in [7, 11) is 0. The number of benzene rings is 1. The van der Waals surface area contributed by atoms with Crippen LogP contribution in [0.1, 0.15) is 5.69 Å². The van der Waals surface area contributed by atoms with Gasteiger partial charge in [0.05, 0.1) is 5.69 Å². The van der Waals surface area contributed by atoms with Gasteiger partial charge in [0.15, 0.2) is 5.69 Å². The Hall–Kier alpha value is -1.33. The monoisotopic (exact) mass is 253 g/mol. The minimum atomic E-state index is 0.618. The van der Waals surface area contributed by atoms with E-state index in [9.17, 15) is 0 Å². The van der Waals surface area contributed by atoms with E-state index in [-0.39, 0.29) is 0 Å². The van der Waals surface area contributed by atoms with Crippen molar-refractivity contribution >= 4 is 34.1 Å². The van der Waals surface area contributed by atoms with Crippen LogP contribution in [0.5, 0.6) is 0 Å². The molecule has 1 aromatic heterocycles. The predicted octanol–water partition coefficient (Wildman–Crippen LogP) is 3.16. The third-order valence-electron chi connectivity index (χ3n) is 1.81. The van der Waals surface area contributed by atoms with Gasteiger partial charge in [-0.05, 0) is 29.6 Å². The van der Waals surface area contributed by atoms with Gasteiger partial charge in [0.2, 0.25) is 0 Å². The number of aliphatic imine (C=N–C) groups is 1. The molecule has 0 unspecified atom stereocenters. The molecule has 0 fully saturated rings. The van der Waals surface area contributed by atoms with E-state index in [1.165, 1.54) is 18.0 Å². The molecule has 82 valence electrons. The predicted molar refractivity (Wildman–Crippen MR) is 65.5 cm³/mol. The molecule has 1 heterocycles. The van der Waals surface area contributed by atoms with Crippen LogP contribution in [0.25, 0.3) is 0 Å². The van der Waals surface area contributed by atoms with Crippen LogP contribution in [0.3, 0.4) is 0 Å². The van der Waals surface area contributed by atoms with Crippen LogP contribution < -0.4 is 0 Å². The van der Waals surface area contributed by atoms with Gasteiger partial charge in [-0.2, -0.15) is 0 Å². The molecule has 0 saturated heterocycles. The van der Waals surface area contributed by atoms with Crippen molar-refractivity contribution in [1.29, 1.82) is 0 Å². The van der Waals surface area contributed by atoms with Crippen LogP contribution in [-0.2, 0) is 0 Å². The highest BCUT2D eigenvalue weighted by atomic mass is 35.5. The first-order valence-electron chi connectivity index (χ1n) is 4.46. The molecular weight excluding hydrogens is 246 g/mol. The van der Waals surface area contributed by atoms with Gasteiger partial charge >= 0.3 is 0 Å². The lowest BCUT2D eigenvalue weighted by molar-refractivity contribution is 0.306. The van der Waals surface area contributed by atoms with Crippen LogP contribution in [0.15, 0.2) is 40.1 Å². The van der Waals surface area contributed by atoms with E-state index in [0.29, 0.717) is 10.7 Å². The van der Waals surface area contributed by atoms with Gasteiger partial charge in [-0.1, -0.05) is 22.8 Å². The Morgan fingerprint density at radius 1 is 1.50 bits per heavy atom. The zero-order valence-corrected chi connectivity index (χ0v) is 10.00. The lowest BCUT2D eigenvalue weighted by atomic mass is 10.3. The van der Waals surface area contributed by atoms with Crippen molar-refractivity contribution in [3.63, 3.8) is 0 Å². The van der Waals surface area contributed by atoms with Gasteiger partial charge in [0, 0.05) is 5.02 Å². The summed E-state index contributed by atoms with van der Waals surface area (Å²) >= 11 is 7.35. The van der Waals surface area contributed by atoms with E-state index in [1.807, 2.05) is 18.4 Å². The number of nitrogens with zero attached hydrogens (tertiary/aromatic N) is 3. The molecule has 0 saturated carbocycles. The van der Waals surface area contributed by atoms with E-state index in [4.69, 9.17) is 11.6 Å². The molecule has 0 aliphatic rings. The molecule has 0 amide bonds. The quantitative estimate of drug-likeness (QED) is 0.609. The Morgan fingerprint density at radius 3 is 3.00 bits per heavy atom. The third-order valence-corrected chi connectivity index (χ3v) is 2.73. The first-order valence-corrected chi connectivity index (χ1v) is 6.06. The van der Waals surface area contributed by atoms with Gasteiger partial charge in [0.1, 0.15) is 11.2 Å². The second kappa shape index (κ2) is 5.14. The zero-order chi connectivity index (χ0) is 11.4. The molecule has 0 spiro atoms. The highest BCUT2D eigenvalue weighted by Crippen LogP contribution is 2.21. The fourth-order valence-electron chi connectivity index (χ4n) is 1.13. The summed E-state index contributed by atoms with van der Waals surface area (Å²) < 4.78 is 4.54. The van der Waals surface area contributed by atoms with Crippen molar-refractivity contribution in [2.75, 3.05) is 6.26 Å². The number of thioether (sulfide) groups is 1. The lowest BCUT2D eigenvalue weighted by Gasteiger charge is -1.98. The molecule has 2 rings (SSSR count). The van der Waals surface area contributed by atoms with Crippen molar-refractivity contribution in [1.82, 2.24) is 10.3 Å². The maximum absolute atomic E-state index is 5.87. The van der Waals surface area contributed by atoms with Crippen LogP contribution in [0.4, 0.5) is 5.69 Å². The smallest absolute Gasteiger partial charge is 0.159 e. The Labute approximate surface area is 102 Å². The maximum Gasteiger partial charge on any atom is 0.159 e. The highest BCUT2D eigenvalue weighted by molar-refractivity contribution is 8.13. The molecule has 0 aliphatic heterocycles. The van der Waals surface area contributed by atoms with Crippen molar-refractivity contribution in [3.05, 3.63) is 41.2 Å². The summed E-state index contributed by atoms with van der Waals surface area (Å²) in [5, 5.41) is 8.67. The largest absolute Gasteiger partial charge is 0.244 e. The first-order chi connectivity index (χ1) is 7.79. The number of hydrogen-bond acceptors (Lipinski definition) is 5. The number of hydrogen-bond donors (Lipinski definition) is 0. The summed E-state index contributed by atoms with van der Waals surface area (Å²) in [5.41, 5.74) is 1.40. The summed E-state index contributed by atoms with van der Waals surface area (Å²) in [6.45, 7) is 0. The average molecular weight is 254 g/mol. The van der Waals surface area contributed by atoms with E-state index < -0.39 is 0 Å². The molecule has 6 heteroatoms. The molecule has 0 aliphatic carbocycles. The van der Waals surface area contributed by atoms with Crippen LogP contribution >= 0.6 is 23.4 Å². The molecule has 0 radical (unpaired) electrons. The molecule has 1 aromatic carbocycles. The Balaban J connectivity index is 2.34. The van der Waals surface area contributed by atoms with E-state index in [0.717, 1.165) is 10.7 Å². The molecule has 0 N–H and O–H groups in total. The Kier molecular flexibility index (Phi) is 3.58. The van der Waals surface area contributed by atoms with Crippen molar-refractivity contribution in [3.8, 4) is 0 Å². The fourth-order valence-corrected chi connectivity index (χ4v) is 1.81. The topological polar surface area (TPSA) is 51.3 Å². The summed E-state index contributed by atoms with van der Waals surface area (Å²) in [6.07, 6.45) is 3.44. The van der Waals surface area contributed by atoms with Gasteiger partial charge < -0.3 is 0 Å². The van der Waals surface area contributed by atoms with E-state index >= 15 is 0 Å². The summed E-state index contributed by atoms with van der Waals surface area (Å²) in [5.74, 6) is 0. The van der Waals surface area contributed by atoms with Gasteiger partial charge in [0.25, 0.3) is 0 Å². The van der Waals surface area contributed by atoms with E-state index in [2.05, 4.69) is 19.9 Å². The average Bonchev–Trinajstić information content (AvgIpc) is 2.79.